The summed E-state index contributed by atoms with van der Waals surface area (Å²) in [6, 6.07) is 12.2. The van der Waals surface area contributed by atoms with E-state index in [1.165, 1.54) is 11.0 Å². The van der Waals surface area contributed by atoms with Crippen molar-refractivity contribution < 1.29 is 29.3 Å². The lowest BCUT2D eigenvalue weighted by Gasteiger charge is -2.43. The summed E-state index contributed by atoms with van der Waals surface area (Å²) >= 11 is 0. The molecule has 0 unspecified atom stereocenters. The number of hydrogen-bond acceptors (Lipinski definition) is 4. The molecule has 2 atom stereocenters. The van der Waals surface area contributed by atoms with Gasteiger partial charge in [0.2, 0.25) is 0 Å². The molecule has 6 nitrogen and oxygen atoms in total. The van der Waals surface area contributed by atoms with Crippen LogP contribution < -0.4 is 0 Å². The van der Waals surface area contributed by atoms with Crippen molar-refractivity contribution in [3.05, 3.63) is 65.5 Å². The topological polar surface area (TPSA) is 98.1 Å². The molecule has 0 radical (unpaired) electrons. The zero-order chi connectivity index (χ0) is 19.6. The molecular formula is C20H20FNO5. The number of carbonyl (C=O) groups is 2. The largest absolute Gasteiger partial charge is 0.505 e. The molecule has 1 fully saturated rings. The SMILES string of the molecule is O=C(c1ccc(F)c(O)c1)N1CC[C@@H](O)[C@](Cc2ccccc2)(C(=O)O)C1. The minimum Gasteiger partial charge on any atom is -0.505 e. The van der Waals surface area contributed by atoms with E-state index in [-0.39, 0.29) is 31.5 Å². The normalized spacial score (nSPS) is 22.4. The summed E-state index contributed by atoms with van der Waals surface area (Å²) in [6.07, 6.45) is -0.929. The lowest BCUT2D eigenvalue weighted by atomic mass is 9.72. The number of phenolic OH excluding ortho intramolecular Hbond substituents is 1. The molecule has 0 spiro atoms. The van der Waals surface area contributed by atoms with Gasteiger partial charge in [-0.3, -0.25) is 9.59 Å². The van der Waals surface area contributed by atoms with Gasteiger partial charge in [0.05, 0.1) is 6.10 Å². The molecule has 3 rings (SSSR count). The third-order valence-corrected chi connectivity index (χ3v) is 5.05. The highest BCUT2D eigenvalue weighted by molar-refractivity contribution is 5.95. The molecule has 1 amide bonds. The van der Waals surface area contributed by atoms with E-state index in [1.807, 2.05) is 6.07 Å². The number of amides is 1. The monoisotopic (exact) mass is 373 g/mol. The Hall–Kier alpha value is -2.93. The van der Waals surface area contributed by atoms with Crippen LogP contribution in [0.25, 0.3) is 0 Å². The summed E-state index contributed by atoms with van der Waals surface area (Å²) in [5, 5.41) is 29.9. The molecule has 27 heavy (non-hydrogen) atoms. The van der Waals surface area contributed by atoms with E-state index in [0.29, 0.717) is 0 Å². The molecule has 7 heteroatoms. The minimum absolute atomic E-state index is 0.0595. The number of aliphatic hydroxyl groups is 1. The van der Waals surface area contributed by atoms with E-state index in [9.17, 15) is 29.3 Å². The van der Waals surface area contributed by atoms with Crippen LogP contribution in [0.1, 0.15) is 22.3 Å². The second kappa shape index (κ2) is 7.36. The first-order chi connectivity index (χ1) is 12.8. The van der Waals surface area contributed by atoms with Crippen molar-refractivity contribution in [1.29, 1.82) is 0 Å². The number of halogens is 1. The van der Waals surface area contributed by atoms with Gasteiger partial charge >= 0.3 is 5.97 Å². The van der Waals surface area contributed by atoms with Crippen LogP contribution in [0.4, 0.5) is 4.39 Å². The van der Waals surface area contributed by atoms with Gasteiger partial charge in [-0.2, -0.15) is 0 Å². The molecule has 1 saturated heterocycles. The summed E-state index contributed by atoms with van der Waals surface area (Å²) in [7, 11) is 0. The first-order valence-corrected chi connectivity index (χ1v) is 8.57. The first-order valence-electron chi connectivity index (χ1n) is 8.57. The van der Waals surface area contributed by atoms with E-state index in [0.717, 1.165) is 17.7 Å². The molecule has 1 aliphatic rings. The molecule has 2 aromatic carbocycles. The zero-order valence-corrected chi connectivity index (χ0v) is 14.5. The number of carboxylic acid groups (broad SMARTS) is 1. The second-order valence-corrected chi connectivity index (χ2v) is 6.82. The highest BCUT2D eigenvalue weighted by atomic mass is 19.1. The van der Waals surface area contributed by atoms with E-state index < -0.39 is 35.0 Å². The predicted octanol–water partition coefficient (Wildman–Crippen LogP) is 2.05. The smallest absolute Gasteiger partial charge is 0.314 e. The van der Waals surface area contributed by atoms with Gasteiger partial charge in [0.1, 0.15) is 5.41 Å². The van der Waals surface area contributed by atoms with Crippen molar-refractivity contribution >= 4 is 11.9 Å². The fourth-order valence-corrected chi connectivity index (χ4v) is 3.50. The number of carboxylic acids is 1. The molecule has 3 N–H and O–H groups in total. The van der Waals surface area contributed by atoms with Crippen LogP contribution >= 0.6 is 0 Å². The van der Waals surface area contributed by atoms with E-state index in [1.54, 1.807) is 24.3 Å². The molecule has 142 valence electrons. The van der Waals surface area contributed by atoms with E-state index in [2.05, 4.69) is 0 Å². The Morgan fingerprint density at radius 3 is 2.52 bits per heavy atom. The fourth-order valence-electron chi connectivity index (χ4n) is 3.50. The average Bonchev–Trinajstić information content (AvgIpc) is 2.66. The summed E-state index contributed by atoms with van der Waals surface area (Å²) < 4.78 is 13.2. The van der Waals surface area contributed by atoms with Gasteiger partial charge in [0.15, 0.2) is 11.6 Å². The Morgan fingerprint density at radius 1 is 1.19 bits per heavy atom. The Balaban J connectivity index is 1.89. The molecule has 1 heterocycles. The number of piperidine rings is 1. The number of aromatic hydroxyl groups is 1. The maximum Gasteiger partial charge on any atom is 0.314 e. The molecule has 1 aliphatic heterocycles. The summed E-state index contributed by atoms with van der Waals surface area (Å²) in [6.45, 7) is -0.0165. The van der Waals surface area contributed by atoms with Crippen LogP contribution in [-0.4, -0.2) is 51.3 Å². The summed E-state index contributed by atoms with van der Waals surface area (Å²) in [5.41, 5.74) is -0.742. The van der Waals surface area contributed by atoms with Crippen LogP contribution in [0, 0.1) is 11.2 Å². The highest BCUT2D eigenvalue weighted by Crippen LogP contribution is 2.35. The van der Waals surface area contributed by atoms with Crippen LogP contribution in [0.3, 0.4) is 0 Å². The number of hydrogen-bond donors (Lipinski definition) is 3. The first kappa shape index (κ1) is 18.8. The van der Waals surface area contributed by atoms with Crippen LogP contribution in [-0.2, 0) is 11.2 Å². The van der Waals surface area contributed by atoms with Crippen LogP contribution in [0.15, 0.2) is 48.5 Å². The molecule has 0 saturated carbocycles. The molecule has 0 bridgehead atoms. The van der Waals surface area contributed by atoms with Gasteiger partial charge in [0, 0.05) is 18.7 Å². The number of benzene rings is 2. The Morgan fingerprint density at radius 2 is 1.89 bits per heavy atom. The molecule has 0 aromatic heterocycles. The lowest BCUT2D eigenvalue weighted by molar-refractivity contribution is -0.161. The van der Waals surface area contributed by atoms with Gasteiger partial charge in [0.25, 0.3) is 5.91 Å². The molecule has 2 aromatic rings. The van der Waals surface area contributed by atoms with E-state index >= 15 is 0 Å². The maximum atomic E-state index is 13.2. The third kappa shape index (κ3) is 3.64. The summed E-state index contributed by atoms with van der Waals surface area (Å²) in [5.74, 6) is -3.19. The average molecular weight is 373 g/mol. The highest BCUT2D eigenvalue weighted by Gasteiger charge is 2.50. The fraction of sp³-hybridized carbons (Fsp3) is 0.300. The van der Waals surface area contributed by atoms with Crippen molar-refractivity contribution in [3.8, 4) is 5.75 Å². The standard InChI is InChI=1S/C20H20FNO5/c21-15-7-6-14(10-16(15)23)18(25)22-9-8-17(24)20(12-22,19(26)27)11-13-4-2-1-3-5-13/h1-7,10,17,23-24H,8-9,11-12H2,(H,26,27)/t17-,20-/m1/s1. The van der Waals surface area contributed by atoms with Gasteiger partial charge < -0.3 is 20.2 Å². The van der Waals surface area contributed by atoms with Gasteiger partial charge in [-0.25, -0.2) is 4.39 Å². The maximum absolute atomic E-state index is 13.2. The lowest BCUT2D eigenvalue weighted by Crippen LogP contribution is -2.58. The molecular weight excluding hydrogens is 353 g/mol. The second-order valence-electron chi connectivity index (χ2n) is 6.82. The number of aliphatic carboxylic acids is 1. The number of rotatable bonds is 4. The van der Waals surface area contributed by atoms with Crippen molar-refractivity contribution in [2.24, 2.45) is 5.41 Å². The van der Waals surface area contributed by atoms with Crippen molar-refractivity contribution in [1.82, 2.24) is 4.90 Å². The third-order valence-electron chi connectivity index (χ3n) is 5.05. The number of likely N-dealkylation sites (tertiary alicyclic amines) is 1. The number of phenols is 1. The Labute approximate surface area is 155 Å². The minimum atomic E-state index is -1.54. The number of nitrogens with zero attached hydrogens (tertiary/aromatic N) is 1. The van der Waals surface area contributed by atoms with Crippen molar-refractivity contribution in [2.45, 2.75) is 18.9 Å². The predicted molar refractivity (Wildman–Crippen MR) is 94.8 cm³/mol. The van der Waals surface area contributed by atoms with E-state index in [4.69, 9.17) is 0 Å². The number of carbonyl (C=O) groups excluding carboxylic acids is 1. The van der Waals surface area contributed by atoms with Crippen molar-refractivity contribution in [2.75, 3.05) is 13.1 Å². The van der Waals surface area contributed by atoms with Crippen LogP contribution in [0.2, 0.25) is 0 Å². The Kier molecular flexibility index (Phi) is 5.14. The summed E-state index contributed by atoms with van der Waals surface area (Å²) in [4.78, 5) is 26.2. The van der Waals surface area contributed by atoms with Gasteiger partial charge in [-0.1, -0.05) is 30.3 Å². The van der Waals surface area contributed by atoms with Crippen molar-refractivity contribution in [3.63, 3.8) is 0 Å². The van der Waals surface area contributed by atoms with Crippen LogP contribution in [0.5, 0.6) is 5.75 Å². The Bertz CT molecular complexity index is 857. The van der Waals surface area contributed by atoms with Gasteiger partial charge in [-0.15, -0.1) is 0 Å². The van der Waals surface area contributed by atoms with Gasteiger partial charge in [-0.05, 0) is 36.6 Å². The zero-order valence-electron chi connectivity index (χ0n) is 14.5. The quantitative estimate of drug-likeness (QED) is 0.762. The number of aliphatic hydroxyl groups excluding tert-OH is 1. The molecule has 0 aliphatic carbocycles.